The Kier molecular flexibility index (Phi) is 5.91. The molecule has 0 unspecified atom stereocenters. The van der Waals surface area contributed by atoms with Crippen LogP contribution in [0.3, 0.4) is 0 Å². The molecule has 1 fully saturated rings. The minimum Gasteiger partial charge on any atom is -0.357 e. The van der Waals surface area contributed by atoms with Crippen LogP contribution in [0.4, 0.5) is 11.5 Å². The van der Waals surface area contributed by atoms with Gasteiger partial charge >= 0.3 is 0 Å². The van der Waals surface area contributed by atoms with Gasteiger partial charge in [-0.25, -0.2) is 4.98 Å². The first kappa shape index (κ1) is 16.1. The molecule has 1 aromatic rings. The normalized spacial score (nSPS) is 15.2. The highest BCUT2D eigenvalue weighted by atomic mass is 32.2. The summed E-state index contributed by atoms with van der Waals surface area (Å²) in [6.45, 7) is 2.17. The number of thioether (sulfide) groups is 1. The third kappa shape index (κ3) is 3.90. The molecule has 0 N–H and O–H groups in total. The summed E-state index contributed by atoms with van der Waals surface area (Å²) in [6, 6.07) is 2.74. The molecule has 2 rings (SSSR count). The Bertz CT molecular complexity index is 475. The molecular weight excluding hydrogens is 282 g/mol. The maximum Gasteiger partial charge on any atom is 0.213 e. The number of pyridine rings is 1. The van der Waals surface area contributed by atoms with Crippen LogP contribution in [0.2, 0.25) is 0 Å². The maximum absolute atomic E-state index is 11.0. The molecule has 0 radical (unpaired) electrons. The fourth-order valence-electron chi connectivity index (χ4n) is 2.74. The van der Waals surface area contributed by atoms with E-state index in [9.17, 15) is 4.79 Å². The van der Waals surface area contributed by atoms with Crippen LogP contribution in [0.15, 0.2) is 17.2 Å². The zero-order chi connectivity index (χ0) is 15.2. The number of hydrogen-bond donors (Lipinski definition) is 0. The van der Waals surface area contributed by atoms with E-state index < -0.39 is 0 Å². The molecule has 116 valence electrons. The van der Waals surface area contributed by atoms with E-state index in [1.807, 2.05) is 6.20 Å². The molecule has 1 aromatic heterocycles. The molecule has 4 nitrogen and oxygen atoms in total. The van der Waals surface area contributed by atoms with Crippen molar-refractivity contribution >= 4 is 29.7 Å². The summed E-state index contributed by atoms with van der Waals surface area (Å²) >= 11 is 1.80. The Morgan fingerprint density at radius 1 is 1.38 bits per heavy atom. The van der Waals surface area contributed by atoms with E-state index in [0.717, 1.165) is 35.0 Å². The van der Waals surface area contributed by atoms with Crippen molar-refractivity contribution < 1.29 is 4.79 Å². The van der Waals surface area contributed by atoms with E-state index >= 15 is 0 Å². The number of nitrogens with zero attached hydrogens (tertiary/aromatic N) is 3. The van der Waals surface area contributed by atoms with Gasteiger partial charge in [0.1, 0.15) is 5.82 Å². The molecule has 0 atom stereocenters. The van der Waals surface area contributed by atoms with Crippen molar-refractivity contribution in [1.29, 1.82) is 0 Å². The lowest BCUT2D eigenvalue weighted by Gasteiger charge is -2.26. The number of amides is 1. The van der Waals surface area contributed by atoms with Crippen LogP contribution in [0.5, 0.6) is 0 Å². The number of aromatic nitrogens is 1. The molecule has 0 aliphatic heterocycles. The highest BCUT2D eigenvalue weighted by molar-refractivity contribution is 7.99. The van der Waals surface area contributed by atoms with Gasteiger partial charge in [0.15, 0.2) is 0 Å². The van der Waals surface area contributed by atoms with E-state index in [-0.39, 0.29) is 0 Å². The Morgan fingerprint density at radius 2 is 2.10 bits per heavy atom. The first-order chi connectivity index (χ1) is 10.2. The molecule has 0 spiro atoms. The smallest absolute Gasteiger partial charge is 0.213 e. The molecule has 0 saturated heterocycles. The molecule has 1 heterocycles. The van der Waals surface area contributed by atoms with Gasteiger partial charge in [0.2, 0.25) is 6.41 Å². The van der Waals surface area contributed by atoms with Crippen molar-refractivity contribution in [2.75, 3.05) is 29.6 Å². The van der Waals surface area contributed by atoms with Crippen molar-refractivity contribution in [3.05, 3.63) is 12.3 Å². The summed E-state index contributed by atoms with van der Waals surface area (Å²) in [4.78, 5) is 20.7. The van der Waals surface area contributed by atoms with E-state index in [0.29, 0.717) is 6.04 Å². The molecule has 5 heteroatoms. The maximum atomic E-state index is 11.0. The highest BCUT2D eigenvalue weighted by Gasteiger charge is 2.21. The third-order valence-electron chi connectivity index (χ3n) is 4.07. The van der Waals surface area contributed by atoms with Crippen molar-refractivity contribution in [1.82, 2.24) is 4.98 Å². The Hall–Kier alpha value is -1.23. The van der Waals surface area contributed by atoms with Crippen molar-refractivity contribution in [2.24, 2.45) is 0 Å². The van der Waals surface area contributed by atoms with Crippen LogP contribution < -0.4 is 9.80 Å². The van der Waals surface area contributed by atoms with Gasteiger partial charge in [0.05, 0.1) is 11.9 Å². The number of rotatable bonds is 7. The lowest BCUT2D eigenvalue weighted by atomic mass is 10.2. The molecule has 1 amide bonds. The lowest BCUT2D eigenvalue weighted by molar-refractivity contribution is -0.107. The molecule has 1 saturated carbocycles. The molecule has 1 aliphatic rings. The molecule has 0 aromatic carbocycles. The first-order valence-corrected chi connectivity index (χ1v) is 8.69. The van der Waals surface area contributed by atoms with Gasteiger partial charge in [-0.3, -0.25) is 4.79 Å². The Labute approximate surface area is 131 Å². The molecule has 21 heavy (non-hydrogen) atoms. The molecule has 0 bridgehead atoms. The SMILES string of the molecule is CCCSc1cc(N(C)C2CCCC2)ncc1N(C)C=O. The summed E-state index contributed by atoms with van der Waals surface area (Å²) in [5.74, 6) is 2.07. The second-order valence-corrected chi connectivity index (χ2v) is 6.76. The summed E-state index contributed by atoms with van der Waals surface area (Å²) < 4.78 is 0. The zero-order valence-corrected chi connectivity index (χ0v) is 14.0. The van der Waals surface area contributed by atoms with Crippen LogP contribution in [0, 0.1) is 0 Å². The Balaban J connectivity index is 2.24. The van der Waals surface area contributed by atoms with E-state index in [4.69, 9.17) is 0 Å². The summed E-state index contributed by atoms with van der Waals surface area (Å²) in [5, 5.41) is 0. The van der Waals surface area contributed by atoms with Crippen LogP contribution in [0.25, 0.3) is 0 Å². The quantitative estimate of drug-likeness (QED) is 0.570. The van der Waals surface area contributed by atoms with Crippen LogP contribution in [-0.4, -0.2) is 37.3 Å². The fourth-order valence-corrected chi connectivity index (χ4v) is 3.70. The summed E-state index contributed by atoms with van der Waals surface area (Å²) in [5.41, 5.74) is 0.895. The monoisotopic (exact) mass is 307 g/mol. The number of anilines is 2. The Morgan fingerprint density at radius 3 is 2.71 bits per heavy atom. The van der Waals surface area contributed by atoms with Crippen LogP contribution in [-0.2, 0) is 4.79 Å². The fraction of sp³-hybridized carbons (Fsp3) is 0.625. The van der Waals surface area contributed by atoms with Gasteiger partial charge in [-0.15, -0.1) is 11.8 Å². The topological polar surface area (TPSA) is 36.4 Å². The van der Waals surface area contributed by atoms with Crippen LogP contribution >= 0.6 is 11.8 Å². The first-order valence-electron chi connectivity index (χ1n) is 7.71. The van der Waals surface area contributed by atoms with Gasteiger partial charge in [-0.1, -0.05) is 19.8 Å². The van der Waals surface area contributed by atoms with Gasteiger partial charge in [-0.2, -0.15) is 0 Å². The summed E-state index contributed by atoms with van der Waals surface area (Å²) in [6.07, 6.45) is 8.93. The largest absolute Gasteiger partial charge is 0.357 e. The van der Waals surface area contributed by atoms with Gasteiger partial charge in [-0.05, 0) is 31.1 Å². The van der Waals surface area contributed by atoms with Crippen molar-refractivity contribution in [2.45, 2.75) is 50.0 Å². The van der Waals surface area contributed by atoms with Gasteiger partial charge < -0.3 is 9.80 Å². The number of carbonyl (C=O) groups is 1. The lowest BCUT2D eigenvalue weighted by Crippen LogP contribution is -2.29. The third-order valence-corrected chi connectivity index (χ3v) is 5.32. The van der Waals surface area contributed by atoms with E-state index in [2.05, 4.69) is 29.9 Å². The average molecular weight is 307 g/mol. The van der Waals surface area contributed by atoms with Gasteiger partial charge in [0, 0.05) is 25.0 Å². The molecule has 1 aliphatic carbocycles. The number of carbonyl (C=O) groups excluding carboxylic acids is 1. The summed E-state index contributed by atoms with van der Waals surface area (Å²) in [7, 11) is 3.91. The minimum atomic E-state index is 0.608. The highest BCUT2D eigenvalue weighted by Crippen LogP contribution is 2.33. The van der Waals surface area contributed by atoms with E-state index in [1.165, 1.54) is 25.7 Å². The minimum absolute atomic E-state index is 0.608. The van der Waals surface area contributed by atoms with Crippen molar-refractivity contribution in [3.8, 4) is 0 Å². The molecular formula is C16H25N3OS. The second kappa shape index (κ2) is 7.69. The number of hydrogen-bond acceptors (Lipinski definition) is 4. The van der Waals surface area contributed by atoms with E-state index in [1.54, 1.807) is 23.7 Å². The zero-order valence-electron chi connectivity index (χ0n) is 13.2. The van der Waals surface area contributed by atoms with Crippen LogP contribution in [0.1, 0.15) is 39.0 Å². The average Bonchev–Trinajstić information content (AvgIpc) is 3.05. The van der Waals surface area contributed by atoms with Crippen molar-refractivity contribution in [3.63, 3.8) is 0 Å². The predicted molar refractivity (Wildman–Crippen MR) is 90.4 cm³/mol. The van der Waals surface area contributed by atoms with Gasteiger partial charge in [0.25, 0.3) is 0 Å². The second-order valence-electron chi connectivity index (χ2n) is 5.62. The standard InChI is InChI=1S/C16H25N3OS/c1-4-9-21-15-10-16(17-11-14(15)18(2)12-20)19(3)13-7-5-6-8-13/h10-13H,4-9H2,1-3H3. The predicted octanol–water partition coefficient (Wildman–Crippen LogP) is 3.56.